The Balaban J connectivity index is 3.43. The molecule has 0 fully saturated rings. The normalized spacial score (nSPS) is 12.0. The predicted molar refractivity (Wildman–Crippen MR) is 53.0 cm³/mol. The minimum absolute atomic E-state index is 0.577. The highest BCUT2D eigenvalue weighted by Gasteiger charge is 2.25. The number of rotatable bonds is 6. The van der Waals surface area contributed by atoms with Crippen molar-refractivity contribution >= 4 is 31.6 Å². The molecule has 0 rings (SSSR count). The Labute approximate surface area is 79.3 Å². The average molecular weight is 217 g/mol. The Morgan fingerprint density at radius 1 is 1.09 bits per heavy atom. The highest BCUT2D eigenvalue weighted by Crippen LogP contribution is 2.21. The maximum atomic E-state index is 13.5. The monoisotopic (exact) mass is 216 g/mol. The second-order valence-corrected chi connectivity index (χ2v) is 7.58. The Morgan fingerprint density at radius 2 is 1.45 bits per heavy atom. The van der Waals surface area contributed by atoms with Gasteiger partial charge in [-0.05, 0) is 31.5 Å². The molecule has 0 saturated heterocycles. The number of hydrogen-bond donors (Lipinski definition) is 0. The molecule has 0 nitrogen and oxygen atoms in total. The summed E-state index contributed by atoms with van der Waals surface area (Å²) < 4.78 is 13.5. The molecule has 0 N–H and O–H groups in total. The zero-order chi connectivity index (χ0) is 8.74. The Hall–Kier alpha value is 0.727. The SMILES string of the molecule is C[Si](F)(CCCCl)CCCCl. The maximum Gasteiger partial charge on any atom is 0.244 e. The maximum absolute atomic E-state index is 13.5. The van der Waals surface area contributed by atoms with E-state index in [1.807, 2.05) is 0 Å². The fourth-order valence-corrected chi connectivity index (χ4v) is 3.79. The molecule has 0 atom stereocenters. The molecule has 0 bridgehead atoms. The van der Waals surface area contributed by atoms with Crippen LogP contribution in [0.4, 0.5) is 4.11 Å². The van der Waals surface area contributed by atoms with Crippen molar-refractivity contribution in [3.05, 3.63) is 0 Å². The summed E-state index contributed by atoms with van der Waals surface area (Å²) >= 11 is 10.9. The van der Waals surface area contributed by atoms with Crippen LogP contribution in [0.15, 0.2) is 0 Å². The second-order valence-electron chi connectivity index (χ2n) is 3.00. The van der Waals surface area contributed by atoms with Crippen molar-refractivity contribution in [2.45, 2.75) is 31.5 Å². The molecule has 0 aromatic carbocycles. The highest BCUT2D eigenvalue weighted by molar-refractivity contribution is 6.71. The van der Waals surface area contributed by atoms with Gasteiger partial charge >= 0.3 is 0 Å². The van der Waals surface area contributed by atoms with Crippen molar-refractivity contribution in [2.75, 3.05) is 11.8 Å². The smallest absolute Gasteiger partial charge is 0.244 e. The molecule has 0 amide bonds. The summed E-state index contributed by atoms with van der Waals surface area (Å²) in [6, 6.07) is 1.38. The van der Waals surface area contributed by atoms with Gasteiger partial charge in [0.05, 0.1) is 0 Å². The van der Waals surface area contributed by atoms with E-state index < -0.39 is 8.41 Å². The molecule has 0 aliphatic heterocycles. The number of halogens is 3. The molecule has 0 heterocycles. The summed E-state index contributed by atoms with van der Waals surface area (Å²) in [5.74, 6) is 1.15. The van der Waals surface area contributed by atoms with Gasteiger partial charge in [0, 0.05) is 11.8 Å². The topological polar surface area (TPSA) is 0 Å². The molecular formula is C7H15Cl2FSi. The van der Waals surface area contributed by atoms with Crippen molar-refractivity contribution in [1.29, 1.82) is 0 Å². The third-order valence-electron chi connectivity index (χ3n) is 1.66. The first-order chi connectivity index (χ1) is 5.12. The van der Waals surface area contributed by atoms with Crippen molar-refractivity contribution in [3.8, 4) is 0 Å². The van der Waals surface area contributed by atoms with Crippen molar-refractivity contribution < 1.29 is 4.11 Å². The van der Waals surface area contributed by atoms with Crippen LogP contribution in [-0.2, 0) is 0 Å². The molecule has 0 radical (unpaired) electrons. The lowest BCUT2D eigenvalue weighted by Crippen LogP contribution is -2.23. The molecule has 0 saturated carbocycles. The second kappa shape index (κ2) is 6.27. The Kier molecular flexibility index (Phi) is 6.68. The van der Waals surface area contributed by atoms with E-state index in [-0.39, 0.29) is 0 Å². The molecule has 0 aliphatic carbocycles. The highest BCUT2D eigenvalue weighted by atomic mass is 35.5. The van der Waals surface area contributed by atoms with Crippen molar-refractivity contribution in [3.63, 3.8) is 0 Å². The summed E-state index contributed by atoms with van der Waals surface area (Å²) in [6.07, 6.45) is 1.62. The van der Waals surface area contributed by atoms with Gasteiger partial charge in [0.2, 0.25) is 8.41 Å². The predicted octanol–water partition coefficient (Wildman–Crippen LogP) is 3.79. The fraction of sp³-hybridized carbons (Fsp3) is 1.00. The van der Waals surface area contributed by atoms with E-state index >= 15 is 0 Å². The largest absolute Gasteiger partial charge is 0.314 e. The van der Waals surface area contributed by atoms with Gasteiger partial charge < -0.3 is 4.11 Å². The summed E-state index contributed by atoms with van der Waals surface area (Å²) in [5.41, 5.74) is 0. The lowest BCUT2D eigenvalue weighted by atomic mass is 10.6. The lowest BCUT2D eigenvalue weighted by Gasteiger charge is -2.15. The zero-order valence-electron chi connectivity index (χ0n) is 6.88. The van der Waals surface area contributed by atoms with Gasteiger partial charge in [-0.25, -0.2) is 0 Å². The zero-order valence-corrected chi connectivity index (χ0v) is 9.39. The van der Waals surface area contributed by atoms with Crippen molar-refractivity contribution in [1.82, 2.24) is 0 Å². The summed E-state index contributed by atoms with van der Waals surface area (Å²) in [6.45, 7) is 1.76. The van der Waals surface area contributed by atoms with Crippen molar-refractivity contribution in [2.24, 2.45) is 0 Å². The molecule has 0 unspecified atom stereocenters. The van der Waals surface area contributed by atoms with Gasteiger partial charge in [-0.1, -0.05) is 0 Å². The first-order valence-corrected chi connectivity index (χ1v) is 7.79. The summed E-state index contributed by atoms with van der Waals surface area (Å²) in [7, 11) is -2.41. The molecule has 0 aromatic rings. The molecular weight excluding hydrogens is 202 g/mol. The molecule has 68 valence electrons. The average Bonchev–Trinajstić information content (AvgIpc) is 1.97. The van der Waals surface area contributed by atoms with Gasteiger partial charge in [0.25, 0.3) is 0 Å². The van der Waals surface area contributed by atoms with Crippen LogP contribution in [0.2, 0.25) is 18.6 Å². The van der Waals surface area contributed by atoms with Crippen LogP contribution in [0.5, 0.6) is 0 Å². The van der Waals surface area contributed by atoms with E-state index in [2.05, 4.69) is 0 Å². The van der Waals surface area contributed by atoms with Gasteiger partial charge in [-0.2, -0.15) is 0 Å². The van der Waals surface area contributed by atoms with Gasteiger partial charge in [0.15, 0.2) is 0 Å². The molecule has 4 heteroatoms. The molecule has 0 aromatic heterocycles. The standard InChI is InChI=1S/C7H15Cl2FSi/c1-11(10,6-2-4-8)7-3-5-9/h2-7H2,1H3. The first-order valence-electron chi connectivity index (χ1n) is 3.93. The molecule has 0 spiro atoms. The molecule has 0 aliphatic rings. The van der Waals surface area contributed by atoms with Crippen LogP contribution in [0.1, 0.15) is 12.8 Å². The Bertz CT molecular complexity index is 88.4. The minimum atomic E-state index is -2.41. The van der Waals surface area contributed by atoms with Crippen LogP contribution in [0.25, 0.3) is 0 Å². The van der Waals surface area contributed by atoms with Gasteiger partial charge in [-0.3, -0.25) is 0 Å². The van der Waals surface area contributed by atoms with E-state index in [0.29, 0.717) is 23.8 Å². The van der Waals surface area contributed by atoms with E-state index in [9.17, 15) is 4.11 Å². The van der Waals surface area contributed by atoms with Crippen LogP contribution >= 0.6 is 23.2 Å². The first kappa shape index (κ1) is 11.7. The van der Waals surface area contributed by atoms with E-state index in [4.69, 9.17) is 23.2 Å². The van der Waals surface area contributed by atoms with Gasteiger partial charge in [-0.15, -0.1) is 23.2 Å². The number of alkyl halides is 2. The Morgan fingerprint density at radius 3 is 1.73 bits per heavy atom. The van der Waals surface area contributed by atoms with Crippen LogP contribution in [0, 0.1) is 0 Å². The summed E-state index contributed by atoms with van der Waals surface area (Å²) in [4.78, 5) is 0. The minimum Gasteiger partial charge on any atom is -0.314 e. The third kappa shape index (κ3) is 7.10. The van der Waals surface area contributed by atoms with Gasteiger partial charge in [0.1, 0.15) is 0 Å². The third-order valence-corrected chi connectivity index (χ3v) is 4.99. The fourth-order valence-electron chi connectivity index (χ4n) is 0.996. The summed E-state index contributed by atoms with van der Waals surface area (Å²) in [5, 5.41) is 0. The molecule has 11 heavy (non-hydrogen) atoms. The van der Waals surface area contributed by atoms with Crippen LogP contribution < -0.4 is 0 Å². The quantitative estimate of drug-likeness (QED) is 0.360. The van der Waals surface area contributed by atoms with E-state index in [0.717, 1.165) is 12.8 Å². The van der Waals surface area contributed by atoms with Crippen LogP contribution in [0.3, 0.4) is 0 Å². The van der Waals surface area contributed by atoms with E-state index in [1.165, 1.54) is 0 Å². The number of hydrogen-bond acceptors (Lipinski definition) is 0. The lowest BCUT2D eigenvalue weighted by molar-refractivity contribution is 0.742. The van der Waals surface area contributed by atoms with Crippen LogP contribution in [-0.4, -0.2) is 20.2 Å². The van der Waals surface area contributed by atoms with E-state index in [1.54, 1.807) is 6.55 Å².